The van der Waals surface area contributed by atoms with Gasteiger partial charge in [0.1, 0.15) is 18.3 Å². The minimum atomic E-state index is -4.25. The third-order valence-corrected chi connectivity index (χ3v) is 8.40. The van der Waals surface area contributed by atoms with Gasteiger partial charge in [-0.2, -0.15) is 0 Å². The maximum absolute atomic E-state index is 14.1. The Bertz CT molecular complexity index is 1400. The summed E-state index contributed by atoms with van der Waals surface area (Å²) in [6.07, 6.45) is 0.324. The molecule has 3 aromatic carbocycles. The molecule has 0 saturated heterocycles. The molecule has 40 heavy (non-hydrogen) atoms. The van der Waals surface area contributed by atoms with Crippen LogP contribution in [0.25, 0.3) is 0 Å². The predicted octanol–water partition coefficient (Wildman–Crippen LogP) is 5.53. The maximum atomic E-state index is 14.1. The number of sulfonamides is 1. The summed E-state index contributed by atoms with van der Waals surface area (Å²) in [6.45, 7) is 5.56. The highest BCUT2D eigenvalue weighted by atomic mass is 35.5. The molecule has 1 atom stereocenters. The Morgan fingerprint density at radius 2 is 1.50 bits per heavy atom. The number of nitrogens with one attached hydrogen (secondary N) is 1. The van der Waals surface area contributed by atoms with Crippen molar-refractivity contribution in [3.8, 4) is 5.75 Å². The van der Waals surface area contributed by atoms with E-state index in [0.29, 0.717) is 28.8 Å². The summed E-state index contributed by atoms with van der Waals surface area (Å²) in [5.41, 5.74) is 0.937. The third-order valence-electron chi connectivity index (χ3n) is 6.12. The number of carbonyl (C=O) groups excluding carboxylic acids is 2. The lowest BCUT2D eigenvalue weighted by Crippen LogP contribution is -2.52. The molecular formula is C29H33Cl2N3O5S. The number of anilines is 1. The lowest BCUT2D eigenvalue weighted by Gasteiger charge is -2.33. The Morgan fingerprint density at radius 3 is 2.08 bits per heavy atom. The number of hydrogen-bond donors (Lipinski definition) is 1. The van der Waals surface area contributed by atoms with E-state index in [0.717, 1.165) is 9.87 Å². The molecule has 11 heteroatoms. The molecule has 8 nitrogen and oxygen atoms in total. The average Bonchev–Trinajstić information content (AvgIpc) is 2.93. The molecule has 3 aromatic rings. The molecule has 0 heterocycles. The van der Waals surface area contributed by atoms with Gasteiger partial charge in [0.15, 0.2) is 0 Å². The quantitative estimate of drug-likeness (QED) is 0.276. The van der Waals surface area contributed by atoms with Crippen molar-refractivity contribution in [1.82, 2.24) is 10.2 Å². The van der Waals surface area contributed by atoms with Crippen molar-refractivity contribution >= 4 is 50.7 Å². The van der Waals surface area contributed by atoms with Gasteiger partial charge in [0.2, 0.25) is 11.8 Å². The van der Waals surface area contributed by atoms with Crippen LogP contribution in [0.15, 0.2) is 77.7 Å². The highest BCUT2D eigenvalue weighted by Crippen LogP contribution is 2.33. The van der Waals surface area contributed by atoms with Crippen LogP contribution in [-0.4, -0.2) is 50.9 Å². The van der Waals surface area contributed by atoms with Crippen molar-refractivity contribution in [2.75, 3.05) is 24.0 Å². The van der Waals surface area contributed by atoms with Gasteiger partial charge in [-0.05, 0) is 74.4 Å². The number of hydrogen-bond acceptors (Lipinski definition) is 5. The van der Waals surface area contributed by atoms with Crippen LogP contribution >= 0.6 is 23.2 Å². The highest BCUT2D eigenvalue weighted by Gasteiger charge is 2.34. The van der Waals surface area contributed by atoms with Crippen LogP contribution in [-0.2, 0) is 26.2 Å². The number of halogens is 2. The number of likely N-dealkylation sites (N-methyl/N-ethyl adjacent to an activating group) is 1. The molecule has 0 aliphatic heterocycles. The van der Waals surface area contributed by atoms with Crippen molar-refractivity contribution in [3.05, 3.63) is 88.4 Å². The van der Waals surface area contributed by atoms with Gasteiger partial charge in [-0.25, -0.2) is 8.42 Å². The lowest BCUT2D eigenvalue weighted by atomic mass is 10.1. The average molecular weight is 607 g/mol. The van der Waals surface area contributed by atoms with Crippen LogP contribution in [0.1, 0.15) is 32.8 Å². The van der Waals surface area contributed by atoms with E-state index < -0.39 is 28.5 Å². The number of carbonyl (C=O) groups is 2. The first-order chi connectivity index (χ1) is 19.1. The molecule has 0 aliphatic rings. The van der Waals surface area contributed by atoms with Gasteiger partial charge in [-0.15, -0.1) is 0 Å². The van der Waals surface area contributed by atoms with Crippen molar-refractivity contribution in [2.45, 2.75) is 44.7 Å². The molecule has 0 spiro atoms. The predicted molar refractivity (Wildman–Crippen MR) is 158 cm³/mol. The normalized spacial score (nSPS) is 11.9. The molecule has 0 radical (unpaired) electrons. The van der Waals surface area contributed by atoms with Crippen molar-refractivity contribution < 1.29 is 22.7 Å². The standard InChI is InChI=1S/C29H33Cl2N3O5S/c1-4-25(29(36)32-5-2)33(19-21-11-13-22(30)14-12-21)28(35)20-34(26-9-7-8-10-27(26)39-6-3)40(37,38)24-17-15-23(31)16-18-24/h7-18,25H,4-6,19-20H2,1-3H3,(H,32,36)/t25-/m0/s1. The Hall–Kier alpha value is -3.27. The molecule has 0 bridgehead atoms. The first-order valence-electron chi connectivity index (χ1n) is 12.9. The first-order valence-corrected chi connectivity index (χ1v) is 15.1. The fourth-order valence-electron chi connectivity index (χ4n) is 4.19. The zero-order valence-electron chi connectivity index (χ0n) is 22.6. The molecule has 2 amide bonds. The van der Waals surface area contributed by atoms with E-state index in [1.165, 1.54) is 29.2 Å². The third kappa shape index (κ3) is 7.68. The topological polar surface area (TPSA) is 96.0 Å². The molecule has 0 aromatic heterocycles. The van der Waals surface area contributed by atoms with E-state index in [1.54, 1.807) is 69.3 Å². The molecular weight excluding hydrogens is 573 g/mol. The van der Waals surface area contributed by atoms with Crippen LogP contribution in [0.2, 0.25) is 10.0 Å². The number of amides is 2. The zero-order chi connectivity index (χ0) is 29.3. The van der Waals surface area contributed by atoms with E-state index in [9.17, 15) is 18.0 Å². The molecule has 0 unspecified atom stereocenters. The second-order valence-corrected chi connectivity index (χ2v) is 11.6. The van der Waals surface area contributed by atoms with Gasteiger partial charge in [-0.3, -0.25) is 13.9 Å². The summed E-state index contributed by atoms with van der Waals surface area (Å²) in [5.74, 6) is -0.582. The first kappa shape index (κ1) is 31.3. The number of ether oxygens (including phenoxy) is 1. The summed E-state index contributed by atoms with van der Waals surface area (Å²) < 4.78 is 34.7. The van der Waals surface area contributed by atoms with E-state index in [4.69, 9.17) is 27.9 Å². The van der Waals surface area contributed by atoms with Gasteiger partial charge in [0.25, 0.3) is 10.0 Å². The Morgan fingerprint density at radius 1 is 0.900 bits per heavy atom. The van der Waals surface area contributed by atoms with E-state index in [-0.39, 0.29) is 29.6 Å². The molecule has 0 fully saturated rings. The summed E-state index contributed by atoms with van der Waals surface area (Å²) >= 11 is 12.1. The van der Waals surface area contributed by atoms with Gasteiger partial charge in [0, 0.05) is 23.1 Å². The highest BCUT2D eigenvalue weighted by molar-refractivity contribution is 7.92. The number of rotatable bonds is 13. The molecule has 214 valence electrons. The largest absolute Gasteiger partial charge is 0.492 e. The van der Waals surface area contributed by atoms with E-state index in [1.807, 2.05) is 0 Å². The van der Waals surface area contributed by atoms with Gasteiger partial charge in [-0.1, -0.05) is 54.4 Å². The summed E-state index contributed by atoms with van der Waals surface area (Å²) in [5, 5.41) is 3.69. The SMILES string of the molecule is CCNC(=O)[C@H](CC)N(Cc1ccc(Cl)cc1)C(=O)CN(c1ccccc1OCC)S(=O)(=O)c1ccc(Cl)cc1. The molecule has 3 rings (SSSR count). The smallest absolute Gasteiger partial charge is 0.264 e. The minimum absolute atomic E-state index is 0.0454. The maximum Gasteiger partial charge on any atom is 0.264 e. The molecule has 1 N–H and O–H groups in total. The summed E-state index contributed by atoms with van der Waals surface area (Å²) in [7, 11) is -4.25. The fourth-order valence-corrected chi connectivity index (χ4v) is 5.86. The zero-order valence-corrected chi connectivity index (χ0v) is 25.0. The Balaban J connectivity index is 2.10. The van der Waals surface area contributed by atoms with Gasteiger partial charge in [0.05, 0.1) is 17.2 Å². The number of benzene rings is 3. The molecule has 0 saturated carbocycles. The van der Waals surface area contributed by atoms with E-state index >= 15 is 0 Å². The van der Waals surface area contributed by atoms with Crippen molar-refractivity contribution in [3.63, 3.8) is 0 Å². The fraction of sp³-hybridized carbons (Fsp3) is 0.310. The Kier molecular flexibility index (Phi) is 11.2. The van der Waals surface area contributed by atoms with Crippen LogP contribution < -0.4 is 14.4 Å². The van der Waals surface area contributed by atoms with E-state index in [2.05, 4.69) is 5.32 Å². The number of nitrogens with zero attached hydrogens (tertiary/aromatic N) is 2. The van der Waals surface area contributed by atoms with Crippen molar-refractivity contribution in [2.24, 2.45) is 0 Å². The lowest BCUT2D eigenvalue weighted by molar-refractivity contribution is -0.140. The van der Waals surface area contributed by atoms with Crippen LogP contribution in [0, 0.1) is 0 Å². The van der Waals surface area contributed by atoms with Crippen LogP contribution in [0.5, 0.6) is 5.75 Å². The summed E-state index contributed by atoms with van der Waals surface area (Å²) in [6, 6.07) is 18.4. The molecule has 0 aliphatic carbocycles. The second-order valence-electron chi connectivity index (χ2n) is 8.83. The second kappa shape index (κ2) is 14.4. The van der Waals surface area contributed by atoms with Gasteiger partial charge < -0.3 is 15.0 Å². The number of para-hydroxylation sites is 2. The van der Waals surface area contributed by atoms with Crippen LogP contribution in [0.4, 0.5) is 5.69 Å². The van der Waals surface area contributed by atoms with Gasteiger partial charge >= 0.3 is 0 Å². The van der Waals surface area contributed by atoms with Crippen molar-refractivity contribution in [1.29, 1.82) is 0 Å². The minimum Gasteiger partial charge on any atom is -0.492 e. The summed E-state index contributed by atoms with van der Waals surface area (Å²) in [4.78, 5) is 28.4. The van der Waals surface area contributed by atoms with Crippen LogP contribution in [0.3, 0.4) is 0 Å². The Labute approximate surface area is 245 Å². The monoisotopic (exact) mass is 605 g/mol.